The van der Waals surface area contributed by atoms with Gasteiger partial charge in [0.15, 0.2) is 5.65 Å². The normalized spacial score (nSPS) is 17.6. The van der Waals surface area contributed by atoms with Crippen LogP contribution < -0.4 is 5.32 Å². The van der Waals surface area contributed by atoms with Gasteiger partial charge < -0.3 is 10.4 Å². The molecule has 1 amide bonds. The molecule has 7 nitrogen and oxygen atoms in total. The molecule has 2 N–H and O–H groups in total. The van der Waals surface area contributed by atoms with Crippen LogP contribution in [0.5, 0.6) is 0 Å². The SMILES string of the molecule is C[C@@H]1CCc2sc3ncn4nc(C(=O)NCCO)nc4c3c2C1. The molecule has 1 aliphatic rings. The molecule has 0 aromatic carbocycles. The van der Waals surface area contributed by atoms with Gasteiger partial charge in [-0.1, -0.05) is 6.92 Å². The Morgan fingerprint density at radius 1 is 1.57 bits per heavy atom. The van der Waals surface area contributed by atoms with Gasteiger partial charge in [-0.05, 0) is 30.7 Å². The van der Waals surface area contributed by atoms with Gasteiger partial charge in [-0.2, -0.15) is 0 Å². The smallest absolute Gasteiger partial charge is 0.291 e. The van der Waals surface area contributed by atoms with Crippen LogP contribution in [0, 0.1) is 5.92 Å². The third-order valence-corrected chi connectivity index (χ3v) is 5.43. The molecule has 23 heavy (non-hydrogen) atoms. The molecule has 0 unspecified atom stereocenters. The quantitative estimate of drug-likeness (QED) is 0.752. The van der Waals surface area contributed by atoms with Crippen molar-refractivity contribution in [1.29, 1.82) is 0 Å². The Morgan fingerprint density at radius 2 is 2.43 bits per heavy atom. The average molecular weight is 331 g/mol. The van der Waals surface area contributed by atoms with E-state index in [-0.39, 0.29) is 24.9 Å². The lowest BCUT2D eigenvalue weighted by Crippen LogP contribution is -2.27. The fourth-order valence-electron chi connectivity index (χ4n) is 3.09. The summed E-state index contributed by atoms with van der Waals surface area (Å²) in [4.78, 5) is 23.3. The summed E-state index contributed by atoms with van der Waals surface area (Å²) in [5.74, 6) is 0.376. The number of amides is 1. The number of fused-ring (bicyclic) bond motifs is 5. The van der Waals surface area contributed by atoms with Crippen LogP contribution in [0.25, 0.3) is 15.9 Å². The van der Waals surface area contributed by atoms with Crippen LogP contribution in [0.2, 0.25) is 0 Å². The Morgan fingerprint density at radius 3 is 3.26 bits per heavy atom. The lowest BCUT2D eigenvalue weighted by Gasteiger charge is -2.17. The molecule has 0 saturated carbocycles. The number of aromatic nitrogens is 4. The predicted molar refractivity (Wildman–Crippen MR) is 86.8 cm³/mol. The maximum atomic E-state index is 12.0. The summed E-state index contributed by atoms with van der Waals surface area (Å²) in [5.41, 5.74) is 2.01. The standard InChI is InChI=1S/C15H17N5O2S/c1-8-2-3-10-9(6-8)11-13-18-12(14(22)16-4-5-21)19-20(13)7-17-15(11)23-10/h7-8,21H,2-6H2,1H3,(H,16,22)/t8-/m1/s1. The molecule has 0 bridgehead atoms. The van der Waals surface area contributed by atoms with Gasteiger partial charge >= 0.3 is 0 Å². The maximum Gasteiger partial charge on any atom is 0.291 e. The third kappa shape index (κ3) is 2.38. The largest absolute Gasteiger partial charge is 0.395 e. The molecule has 0 fully saturated rings. The number of carbonyl (C=O) groups excluding carboxylic acids is 1. The second-order valence-corrected chi connectivity index (χ2v) is 7.04. The van der Waals surface area contributed by atoms with Crippen molar-refractivity contribution in [3.05, 3.63) is 22.6 Å². The minimum atomic E-state index is -0.381. The van der Waals surface area contributed by atoms with Crippen LogP contribution >= 0.6 is 11.3 Å². The van der Waals surface area contributed by atoms with Crippen molar-refractivity contribution in [3.8, 4) is 0 Å². The van der Waals surface area contributed by atoms with Crippen molar-refractivity contribution in [3.63, 3.8) is 0 Å². The van der Waals surface area contributed by atoms with E-state index in [4.69, 9.17) is 5.11 Å². The molecule has 0 spiro atoms. The molecule has 1 atom stereocenters. The van der Waals surface area contributed by atoms with E-state index < -0.39 is 0 Å². The number of hydrogen-bond acceptors (Lipinski definition) is 6. The van der Waals surface area contributed by atoms with E-state index in [1.165, 1.54) is 16.9 Å². The molecule has 0 aliphatic heterocycles. The predicted octanol–water partition coefficient (Wildman–Crippen LogP) is 1.19. The lowest BCUT2D eigenvalue weighted by molar-refractivity contribution is 0.0934. The second kappa shape index (κ2) is 5.54. The van der Waals surface area contributed by atoms with Crippen LogP contribution in [-0.4, -0.2) is 43.7 Å². The van der Waals surface area contributed by atoms with Crippen LogP contribution in [0.15, 0.2) is 6.33 Å². The molecule has 3 heterocycles. The number of aliphatic hydroxyl groups is 1. The van der Waals surface area contributed by atoms with Crippen molar-refractivity contribution >= 4 is 33.1 Å². The Balaban J connectivity index is 1.86. The Hall–Kier alpha value is -2.06. The Labute approximate surface area is 136 Å². The van der Waals surface area contributed by atoms with Crippen LogP contribution in [0.1, 0.15) is 34.4 Å². The van der Waals surface area contributed by atoms with E-state index in [1.54, 1.807) is 22.2 Å². The monoisotopic (exact) mass is 331 g/mol. The number of thiophene rings is 1. The minimum absolute atomic E-state index is 0.108. The molecule has 0 radical (unpaired) electrons. The zero-order valence-electron chi connectivity index (χ0n) is 12.7. The highest BCUT2D eigenvalue weighted by atomic mass is 32.1. The van der Waals surface area contributed by atoms with Crippen LogP contribution in [0.3, 0.4) is 0 Å². The van der Waals surface area contributed by atoms with Crippen molar-refractivity contribution in [1.82, 2.24) is 24.9 Å². The van der Waals surface area contributed by atoms with Crippen molar-refractivity contribution in [2.24, 2.45) is 5.92 Å². The number of carbonyl (C=O) groups is 1. The number of aryl methyl sites for hydroxylation is 1. The van der Waals surface area contributed by atoms with E-state index in [0.717, 1.165) is 23.1 Å². The van der Waals surface area contributed by atoms with E-state index >= 15 is 0 Å². The van der Waals surface area contributed by atoms with Gasteiger partial charge in [0.2, 0.25) is 5.82 Å². The van der Waals surface area contributed by atoms with Gasteiger partial charge in [0.1, 0.15) is 11.2 Å². The highest BCUT2D eigenvalue weighted by Crippen LogP contribution is 2.38. The summed E-state index contributed by atoms with van der Waals surface area (Å²) in [6.07, 6.45) is 4.92. The van der Waals surface area contributed by atoms with Crippen LogP contribution in [0.4, 0.5) is 0 Å². The summed E-state index contributed by atoms with van der Waals surface area (Å²) >= 11 is 1.72. The zero-order chi connectivity index (χ0) is 16.0. The molecule has 8 heteroatoms. The Kier molecular flexibility index (Phi) is 3.50. The van der Waals surface area contributed by atoms with E-state index in [1.807, 2.05) is 0 Å². The van der Waals surface area contributed by atoms with E-state index in [2.05, 4.69) is 27.3 Å². The highest BCUT2D eigenvalue weighted by molar-refractivity contribution is 7.19. The number of aliphatic hydroxyl groups excluding tert-OH is 1. The topological polar surface area (TPSA) is 92.4 Å². The number of nitrogens with one attached hydrogen (secondary N) is 1. The lowest BCUT2D eigenvalue weighted by atomic mass is 9.89. The zero-order valence-corrected chi connectivity index (χ0v) is 13.6. The fraction of sp³-hybridized carbons (Fsp3) is 0.467. The number of rotatable bonds is 3. The van der Waals surface area contributed by atoms with Gasteiger partial charge in [0.05, 0.1) is 12.0 Å². The molecule has 0 saturated heterocycles. The summed E-state index contributed by atoms with van der Waals surface area (Å²) in [6.45, 7) is 2.34. The first-order valence-corrected chi connectivity index (χ1v) is 8.53. The van der Waals surface area contributed by atoms with Crippen molar-refractivity contribution in [2.75, 3.05) is 13.2 Å². The molecule has 120 valence electrons. The number of nitrogens with zero attached hydrogens (tertiary/aromatic N) is 4. The molecule has 1 aliphatic carbocycles. The molecule has 3 aromatic heterocycles. The first-order valence-electron chi connectivity index (χ1n) is 7.72. The first-order chi connectivity index (χ1) is 11.2. The first kappa shape index (κ1) is 14.5. The summed E-state index contributed by atoms with van der Waals surface area (Å²) in [7, 11) is 0. The van der Waals surface area contributed by atoms with Crippen molar-refractivity contribution < 1.29 is 9.90 Å². The molecular formula is C15H17N5O2S. The second-order valence-electron chi connectivity index (χ2n) is 5.96. The summed E-state index contributed by atoms with van der Waals surface area (Å²) < 4.78 is 1.57. The van der Waals surface area contributed by atoms with Crippen molar-refractivity contribution in [2.45, 2.75) is 26.2 Å². The van der Waals surface area contributed by atoms with E-state index in [0.29, 0.717) is 11.6 Å². The molecular weight excluding hydrogens is 314 g/mol. The molecule has 4 rings (SSSR count). The van der Waals surface area contributed by atoms with Gasteiger partial charge in [-0.15, -0.1) is 16.4 Å². The van der Waals surface area contributed by atoms with Gasteiger partial charge in [0.25, 0.3) is 5.91 Å². The Bertz CT molecular complexity index is 900. The third-order valence-electron chi connectivity index (χ3n) is 4.23. The average Bonchev–Trinajstić information content (AvgIpc) is 3.12. The van der Waals surface area contributed by atoms with Gasteiger partial charge in [-0.3, -0.25) is 4.79 Å². The maximum absolute atomic E-state index is 12.0. The summed E-state index contributed by atoms with van der Waals surface area (Å²) in [5, 5.41) is 16.6. The minimum Gasteiger partial charge on any atom is -0.395 e. The van der Waals surface area contributed by atoms with Gasteiger partial charge in [-0.25, -0.2) is 14.5 Å². The molecule has 3 aromatic rings. The summed E-state index contributed by atoms with van der Waals surface area (Å²) in [6, 6.07) is 0. The highest BCUT2D eigenvalue weighted by Gasteiger charge is 2.24. The van der Waals surface area contributed by atoms with Crippen LogP contribution in [-0.2, 0) is 12.8 Å². The fourth-order valence-corrected chi connectivity index (χ4v) is 4.27. The van der Waals surface area contributed by atoms with E-state index in [9.17, 15) is 4.79 Å². The van der Waals surface area contributed by atoms with Gasteiger partial charge in [0, 0.05) is 11.4 Å². The number of hydrogen-bond donors (Lipinski definition) is 2.